The summed E-state index contributed by atoms with van der Waals surface area (Å²) < 4.78 is 5.72. The van der Waals surface area contributed by atoms with Gasteiger partial charge in [0.05, 0.1) is 30.4 Å². The minimum absolute atomic E-state index is 0.0436. The highest BCUT2D eigenvalue weighted by atomic mass is 35.5. The Morgan fingerprint density at radius 1 is 1.26 bits per heavy atom. The molecule has 0 aliphatic carbocycles. The van der Waals surface area contributed by atoms with E-state index in [2.05, 4.69) is 25.9 Å². The van der Waals surface area contributed by atoms with Gasteiger partial charge in [0.15, 0.2) is 5.82 Å². The van der Waals surface area contributed by atoms with E-state index >= 15 is 0 Å². The molecule has 3 heterocycles. The number of ether oxygens (including phenoxy) is 1. The summed E-state index contributed by atoms with van der Waals surface area (Å²) in [6.45, 7) is 4.10. The van der Waals surface area contributed by atoms with Crippen LogP contribution in [0.1, 0.15) is 37.8 Å². The van der Waals surface area contributed by atoms with Gasteiger partial charge in [-0.3, -0.25) is 4.79 Å². The Labute approximate surface area is 214 Å². The van der Waals surface area contributed by atoms with Crippen LogP contribution in [-0.4, -0.2) is 60.8 Å². The van der Waals surface area contributed by atoms with E-state index in [0.29, 0.717) is 39.9 Å². The number of halogens is 3. The third kappa shape index (κ3) is 5.86. The van der Waals surface area contributed by atoms with Crippen molar-refractivity contribution in [3.8, 4) is 0 Å². The Morgan fingerprint density at radius 2 is 2.09 bits per heavy atom. The smallest absolute Gasteiger partial charge is 0.237 e. The van der Waals surface area contributed by atoms with Crippen LogP contribution >= 0.6 is 34.8 Å². The zero-order valence-corrected chi connectivity index (χ0v) is 21.4. The molecule has 184 valence electrons. The average molecular weight is 528 g/mol. The number of anilines is 2. The zero-order chi connectivity index (χ0) is 24.2. The number of aromatic nitrogens is 2. The Bertz CT molecular complexity index is 1020. The zero-order valence-electron chi connectivity index (χ0n) is 19.2. The molecule has 34 heavy (non-hydrogen) atoms. The maximum atomic E-state index is 12.6. The van der Waals surface area contributed by atoms with Crippen molar-refractivity contribution in [2.45, 2.75) is 50.4 Å². The normalized spacial score (nSPS) is 23.6. The lowest BCUT2D eigenvalue weighted by Gasteiger charge is -2.38. The number of rotatable bonds is 7. The molecular weight excluding hydrogens is 499 g/mol. The van der Waals surface area contributed by atoms with Crippen molar-refractivity contribution in [2.24, 2.45) is 0 Å². The van der Waals surface area contributed by atoms with Crippen LogP contribution in [0.5, 0.6) is 0 Å². The highest BCUT2D eigenvalue weighted by Gasteiger charge is 2.34. The van der Waals surface area contributed by atoms with Gasteiger partial charge in [-0.1, -0.05) is 40.9 Å². The fourth-order valence-corrected chi connectivity index (χ4v) is 5.16. The molecule has 1 aromatic heterocycles. The molecule has 2 aliphatic heterocycles. The van der Waals surface area contributed by atoms with Gasteiger partial charge in [0, 0.05) is 30.2 Å². The summed E-state index contributed by atoms with van der Waals surface area (Å²) in [5.74, 6) is 1.11. The number of amides is 1. The van der Waals surface area contributed by atoms with Crippen LogP contribution in [0.2, 0.25) is 15.1 Å². The molecule has 11 heteroatoms. The number of carbonyl (C=O) groups is 1. The minimum Gasteiger partial charge on any atom is -0.377 e. The molecule has 2 fully saturated rings. The van der Waals surface area contributed by atoms with Gasteiger partial charge in [-0.15, -0.1) is 0 Å². The first kappa shape index (κ1) is 25.3. The summed E-state index contributed by atoms with van der Waals surface area (Å²) >= 11 is 18.8. The van der Waals surface area contributed by atoms with Crippen LogP contribution in [0.25, 0.3) is 0 Å². The van der Waals surface area contributed by atoms with Crippen LogP contribution < -0.4 is 20.9 Å². The molecule has 0 saturated carbocycles. The van der Waals surface area contributed by atoms with E-state index in [9.17, 15) is 4.79 Å². The van der Waals surface area contributed by atoms with Gasteiger partial charge >= 0.3 is 0 Å². The average Bonchev–Trinajstić information content (AvgIpc) is 3.36. The number of benzene rings is 1. The molecule has 4 atom stereocenters. The Hall–Kier alpha value is -1.84. The fourth-order valence-electron chi connectivity index (χ4n) is 4.44. The van der Waals surface area contributed by atoms with Gasteiger partial charge in [-0.05, 0) is 50.4 Å². The molecule has 3 N–H and O–H groups in total. The predicted molar refractivity (Wildman–Crippen MR) is 136 cm³/mol. The molecule has 4 rings (SSSR count). The number of hydrogen-bond acceptors (Lipinski definition) is 7. The van der Waals surface area contributed by atoms with Crippen molar-refractivity contribution >= 4 is 52.5 Å². The molecule has 2 aromatic rings. The van der Waals surface area contributed by atoms with Crippen molar-refractivity contribution < 1.29 is 9.53 Å². The van der Waals surface area contributed by atoms with E-state index in [4.69, 9.17) is 39.5 Å². The van der Waals surface area contributed by atoms with Crippen molar-refractivity contribution in [3.63, 3.8) is 0 Å². The number of piperidine rings is 1. The van der Waals surface area contributed by atoms with Gasteiger partial charge in [0.1, 0.15) is 5.02 Å². The number of nitrogens with one attached hydrogen (secondary N) is 3. The Balaban J connectivity index is 1.43. The van der Waals surface area contributed by atoms with Crippen LogP contribution in [0.4, 0.5) is 11.8 Å². The molecule has 1 amide bonds. The molecule has 1 aromatic carbocycles. The maximum absolute atomic E-state index is 12.6. The van der Waals surface area contributed by atoms with Crippen LogP contribution in [0.15, 0.2) is 24.4 Å². The first-order chi connectivity index (χ1) is 16.4. The van der Waals surface area contributed by atoms with Gasteiger partial charge in [-0.25, -0.2) is 4.98 Å². The number of methoxy groups -OCH3 is 1. The third-order valence-electron chi connectivity index (χ3n) is 6.36. The van der Waals surface area contributed by atoms with Crippen LogP contribution in [-0.2, 0) is 9.53 Å². The van der Waals surface area contributed by atoms with E-state index < -0.39 is 0 Å². The summed E-state index contributed by atoms with van der Waals surface area (Å²) in [5, 5.41) is 11.3. The second kappa shape index (κ2) is 11.3. The van der Waals surface area contributed by atoms with E-state index in [0.717, 1.165) is 31.4 Å². The summed E-state index contributed by atoms with van der Waals surface area (Å²) in [4.78, 5) is 23.7. The van der Waals surface area contributed by atoms with Crippen molar-refractivity contribution in [1.82, 2.24) is 20.6 Å². The van der Waals surface area contributed by atoms with E-state index in [1.807, 2.05) is 17.9 Å². The van der Waals surface area contributed by atoms with E-state index in [1.165, 1.54) is 0 Å². The van der Waals surface area contributed by atoms with Gasteiger partial charge < -0.3 is 25.6 Å². The first-order valence-electron chi connectivity index (χ1n) is 11.4. The van der Waals surface area contributed by atoms with Crippen molar-refractivity contribution in [2.75, 3.05) is 37.0 Å². The van der Waals surface area contributed by atoms with Crippen LogP contribution in [0, 0.1) is 0 Å². The van der Waals surface area contributed by atoms with Gasteiger partial charge in [0.2, 0.25) is 11.9 Å². The Morgan fingerprint density at radius 3 is 2.79 bits per heavy atom. The first-order valence-corrected chi connectivity index (χ1v) is 12.5. The molecule has 0 unspecified atom stereocenters. The Kier molecular flexibility index (Phi) is 8.37. The predicted octanol–water partition coefficient (Wildman–Crippen LogP) is 4.07. The third-order valence-corrected chi connectivity index (χ3v) is 7.20. The lowest BCUT2D eigenvalue weighted by molar-refractivity contribution is -0.124. The number of carbonyl (C=O) groups excluding carboxylic acids is 1. The molecule has 0 radical (unpaired) electrons. The van der Waals surface area contributed by atoms with Crippen molar-refractivity contribution in [3.05, 3.63) is 45.0 Å². The summed E-state index contributed by atoms with van der Waals surface area (Å²) in [6.07, 6.45) is 4.03. The van der Waals surface area contributed by atoms with Gasteiger partial charge in [0.25, 0.3) is 0 Å². The lowest BCUT2D eigenvalue weighted by Crippen LogP contribution is -2.57. The molecule has 0 spiro atoms. The molecular formula is C23H29Cl3N6O2. The monoisotopic (exact) mass is 526 g/mol. The largest absolute Gasteiger partial charge is 0.377 e. The minimum atomic E-state index is -0.179. The molecule has 8 nitrogen and oxygen atoms in total. The van der Waals surface area contributed by atoms with E-state index in [1.54, 1.807) is 25.4 Å². The second-order valence-corrected chi connectivity index (χ2v) is 9.92. The number of hydrogen-bond donors (Lipinski definition) is 3. The fraction of sp³-hybridized carbons (Fsp3) is 0.522. The van der Waals surface area contributed by atoms with Gasteiger partial charge in [-0.2, -0.15) is 4.98 Å². The summed E-state index contributed by atoms with van der Waals surface area (Å²) in [6, 6.07) is 5.06. The van der Waals surface area contributed by atoms with E-state index in [-0.39, 0.29) is 30.1 Å². The SMILES string of the molecule is CO[C@H]1CN(c2ncc(Cl)c(N[C@H](C)c3ccc(Cl)cc3Cl)n2)CC[C@@H]1NC(=O)[C@H]1CCCN1. The molecule has 2 saturated heterocycles. The molecule has 2 aliphatic rings. The topological polar surface area (TPSA) is 91.4 Å². The summed E-state index contributed by atoms with van der Waals surface area (Å²) in [7, 11) is 1.66. The lowest BCUT2D eigenvalue weighted by atomic mass is 10.0. The van der Waals surface area contributed by atoms with Crippen LogP contribution in [0.3, 0.4) is 0 Å². The molecule has 0 bridgehead atoms. The van der Waals surface area contributed by atoms with Crippen molar-refractivity contribution in [1.29, 1.82) is 0 Å². The summed E-state index contributed by atoms with van der Waals surface area (Å²) in [5.41, 5.74) is 0.884. The second-order valence-electron chi connectivity index (χ2n) is 8.67. The maximum Gasteiger partial charge on any atom is 0.237 e. The standard InChI is InChI=1S/C23H29Cl3N6O2/c1-13(15-6-5-14(24)10-16(15)25)29-21-17(26)11-28-23(31-21)32-9-7-18(20(12-32)34-2)30-22(33)19-4-3-8-27-19/h5-6,10-11,13,18-20,27H,3-4,7-9,12H2,1-2H3,(H,30,33)(H,28,29,31)/t13-,18+,19-,20+/m1/s1. The highest BCUT2D eigenvalue weighted by molar-refractivity contribution is 6.35. The number of nitrogens with zero attached hydrogens (tertiary/aromatic N) is 3. The highest BCUT2D eigenvalue weighted by Crippen LogP contribution is 2.31. The quantitative estimate of drug-likeness (QED) is 0.500.